The molecular weight excluding hydrogens is 306 g/mol. The van der Waals surface area contributed by atoms with Crippen LogP contribution < -0.4 is 0 Å². The van der Waals surface area contributed by atoms with Crippen LogP contribution in [0.2, 0.25) is 0 Å². The number of hydrogen-bond donors (Lipinski definition) is 1. The molecule has 0 saturated carbocycles. The monoisotopic (exact) mass is 325 g/mol. The molecule has 0 atom stereocenters. The first kappa shape index (κ1) is 16.2. The minimum absolute atomic E-state index is 0.168. The van der Waals surface area contributed by atoms with E-state index in [0.717, 1.165) is 16.0 Å². The highest BCUT2D eigenvalue weighted by Crippen LogP contribution is 2.25. The first-order chi connectivity index (χ1) is 9.86. The van der Waals surface area contributed by atoms with E-state index in [1.165, 1.54) is 15.6 Å². The fraction of sp³-hybridized carbons (Fsp3) is 0.333. The lowest BCUT2D eigenvalue weighted by Gasteiger charge is -2.19. The van der Waals surface area contributed by atoms with E-state index in [4.69, 9.17) is 0 Å². The standard InChI is InChI=1S/C15H19NO3S2/c1-11-7-13(10-17)8-15(12(11)2)21(18,19)16(3)9-14-5-4-6-20-14/h4-8,17H,9-10H2,1-3H3. The molecule has 0 bridgehead atoms. The summed E-state index contributed by atoms with van der Waals surface area (Å²) in [7, 11) is -1.99. The second-order valence-electron chi connectivity index (χ2n) is 5.03. The van der Waals surface area contributed by atoms with E-state index in [-0.39, 0.29) is 11.5 Å². The summed E-state index contributed by atoms with van der Waals surface area (Å²) < 4.78 is 26.8. The second-order valence-corrected chi connectivity index (χ2v) is 8.08. The molecule has 0 aliphatic carbocycles. The summed E-state index contributed by atoms with van der Waals surface area (Å²) in [6, 6.07) is 7.19. The molecule has 1 aromatic heterocycles. The van der Waals surface area contributed by atoms with Crippen LogP contribution in [0.3, 0.4) is 0 Å². The molecule has 0 unspecified atom stereocenters. The predicted octanol–water partition coefficient (Wildman–Crippen LogP) is 2.68. The average Bonchev–Trinajstić information content (AvgIpc) is 2.94. The maximum atomic E-state index is 12.7. The van der Waals surface area contributed by atoms with Crippen LogP contribution >= 0.6 is 11.3 Å². The molecule has 2 rings (SSSR count). The van der Waals surface area contributed by atoms with Gasteiger partial charge >= 0.3 is 0 Å². The Kier molecular flexibility index (Phi) is 4.83. The van der Waals surface area contributed by atoms with Gasteiger partial charge in [0, 0.05) is 18.5 Å². The van der Waals surface area contributed by atoms with E-state index in [2.05, 4.69) is 0 Å². The summed E-state index contributed by atoms with van der Waals surface area (Å²) in [5.41, 5.74) is 2.20. The van der Waals surface area contributed by atoms with Gasteiger partial charge < -0.3 is 5.11 Å². The molecule has 1 heterocycles. The molecule has 0 spiro atoms. The maximum absolute atomic E-state index is 12.7. The summed E-state index contributed by atoms with van der Waals surface area (Å²) in [5.74, 6) is 0. The van der Waals surface area contributed by atoms with Crippen molar-refractivity contribution in [2.24, 2.45) is 0 Å². The van der Waals surface area contributed by atoms with E-state index in [1.807, 2.05) is 30.5 Å². The highest BCUT2D eigenvalue weighted by Gasteiger charge is 2.24. The Morgan fingerprint density at radius 1 is 1.29 bits per heavy atom. The molecule has 0 amide bonds. The van der Waals surface area contributed by atoms with Crippen LogP contribution in [0.15, 0.2) is 34.5 Å². The quantitative estimate of drug-likeness (QED) is 0.919. The number of benzene rings is 1. The van der Waals surface area contributed by atoms with Crippen molar-refractivity contribution in [1.82, 2.24) is 4.31 Å². The van der Waals surface area contributed by atoms with Crippen LogP contribution in [0.5, 0.6) is 0 Å². The topological polar surface area (TPSA) is 57.6 Å². The van der Waals surface area contributed by atoms with Gasteiger partial charge in [0.2, 0.25) is 10.0 Å². The van der Waals surface area contributed by atoms with E-state index in [1.54, 1.807) is 20.0 Å². The molecular formula is C15H19NO3S2. The van der Waals surface area contributed by atoms with Gasteiger partial charge in [-0.3, -0.25) is 0 Å². The summed E-state index contributed by atoms with van der Waals surface area (Å²) in [6.45, 7) is 3.83. The third-order valence-corrected chi connectivity index (χ3v) is 6.30. The molecule has 0 radical (unpaired) electrons. The largest absolute Gasteiger partial charge is 0.392 e. The van der Waals surface area contributed by atoms with Gasteiger partial charge in [0.05, 0.1) is 11.5 Å². The Labute approximate surface area is 129 Å². The molecule has 0 fully saturated rings. The van der Waals surface area contributed by atoms with Crippen molar-refractivity contribution < 1.29 is 13.5 Å². The summed E-state index contributed by atoms with van der Waals surface area (Å²) in [4.78, 5) is 1.26. The molecule has 1 N–H and O–H groups in total. The number of nitrogens with zero attached hydrogens (tertiary/aromatic N) is 1. The SMILES string of the molecule is Cc1cc(CO)cc(S(=O)(=O)N(C)Cc2cccs2)c1C. The first-order valence-electron chi connectivity index (χ1n) is 6.56. The number of hydrogen-bond acceptors (Lipinski definition) is 4. The lowest BCUT2D eigenvalue weighted by molar-refractivity contribution is 0.281. The van der Waals surface area contributed by atoms with Crippen molar-refractivity contribution in [3.05, 3.63) is 51.2 Å². The molecule has 21 heavy (non-hydrogen) atoms. The van der Waals surface area contributed by atoms with Crippen molar-refractivity contribution >= 4 is 21.4 Å². The number of rotatable bonds is 5. The van der Waals surface area contributed by atoms with E-state index in [9.17, 15) is 13.5 Å². The Morgan fingerprint density at radius 3 is 2.57 bits per heavy atom. The Balaban J connectivity index is 2.41. The molecule has 0 aliphatic rings. The zero-order valence-electron chi connectivity index (χ0n) is 12.3. The van der Waals surface area contributed by atoms with E-state index in [0.29, 0.717) is 12.1 Å². The predicted molar refractivity (Wildman–Crippen MR) is 84.8 cm³/mol. The van der Waals surface area contributed by atoms with Crippen molar-refractivity contribution in [1.29, 1.82) is 0 Å². The molecule has 2 aromatic rings. The van der Waals surface area contributed by atoms with Gasteiger partial charge in [0.15, 0.2) is 0 Å². The number of aryl methyl sites for hydroxylation is 1. The zero-order valence-corrected chi connectivity index (χ0v) is 14.0. The van der Waals surface area contributed by atoms with Gasteiger partial charge in [-0.2, -0.15) is 4.31 Å². The smallest absolute Gasteiger partial charge is 0.243 e. The summed E-state index contributed by atoms with van der Waals surface area (Å²) in [5, 5.41) is 11.2. The highest BCUT2D eigenvalue weighted by molar-refractivity contribution is 7.89. The summed E-state index contributed by atoms with van der Waals surface area (Å²) in [6.07, 6.45) is 0. The zero-order chi connectivity index (χ0) is 15.6. The Bertz CT molecular complexity index is 722. The van der Waals surface area contributed by atoms with Gasteiger partial charge in [-0.15, -0.1) is 11.3 Å². The van der Waals surface area contributed by atoms with Crippen LogP contribution in [0.1, 0.15) is 21.6 Å². The number of thiophene rings is 1. The Morgan fingerprint density at radius 2 is 2.00 bits per heavy atom. The van der Waals surface area contributed by atoms with Crippen molar-refractivity contribution in [3.8, 4) is 0 Å². The molecule has 0 saturated heterocycles. The van der Waals surface area contributed by atoms with Crippen LogP contribution in [0.4, 0.5) is 0 Å². The van der Waals surface area contributed by atoms with Gasteiger partial charge in [-0.05, 0) is 48.1 Å². The highest BCUT2D eigenvalue weighted by atomic mass is 32.2. The fourth-order valence-electron chi connectivity index (χ4n) is 2.13. The number of aliphatic hydroxyl groups is 1. The van der Waals surface area contributed by atoms with Gasteiger partial charge in [0.1, 0.15) is 0 Å². The molecule has 6 heteroatoms. The van der Waals surface area contributed by atoms with Gasteiger partial charge in [-0.25, -0.2) is 8.42 Å². The van der Waals surface area contributed by atoms with E-state index >= 15 is 0 Å². The fourth-order valence-corrected chi connectivity index (χ4v) is 4.47. The minimum atomic E-state index is -3.57. The molecule has 1 aromatic carbocycles. The van der Waals surface area contributed by atoms with E-state index < -0.39 is 10.0 Å². The van der Waals surface area contributed by atoms with Crippen LogP contribution in [0, 0.1) is 13.8 Å². The molecule has 4 nitrogen and oxygen atoms in total. The van der Waals surface area contributed by atoms with Crippen molar-refractivity contribution in [2.75, 3.05) is 7.05 Å². The van der Waals surface area contributed by atoms with Crippen molar-refractivity contribution in [3.63, 3.8) is 0 Å². The van der Waals surface area contributed by atoms with Gasteiger partial charge in [0.25, 0.3) is 0 Å². The minimum Gasteiger partial charge on any atom is -0.392 e. The number of aliphatic hydroxyl groups excluding tert-OH is 1. The van der Waals surface area contributed by atoms with Crippen molar-refractivity contribution in [2.45, 2.75) is 31.9 Å². The molecule has 114 valence electrons. The van der Waals surface area contributed by atoms with Crippen LogP contribution in [0.25, 0.3) is 0 Å². The summed E-state index contributed by atoms with van der Waals surface area (Å²) >= 11 is 1.53. The first-order valence-corrected chi connectivity index (χ1v) is 8.88. The van der Waals surface area contributed by atoms with Crippen LogP contribution in [-0.4, -0.2) is 24.9 Å². The average molecular weight is 325 g/mol. The third-order valence-electron chi connectivity index (χ3n) is 3.51. The maximum Gasteiger partial charge on any atom is 0.243 e. The third kappa shape index (κ3) is 3.35. The molecule has 0 aliphatic heterocycles. The normalized spacial score (nSPS) is 12.0. The Hall–Kier alpha value is -1.21. The van der Waals surface area contributed by atoms with Crippen LogP contribution in [-0.2, 0) is 23.2 Å². The lowest BCUT2D eigenvalue weighted by atomic mass is 10.1. The van der Waals surface area contributed by atoms with Gasteiger partial charge in [-0.1, -0.05) is 12.1 Å². The second kappa shape index (κ2) is 6.27. The lowest BCUT2D eigenvalue weighted by Crippen LogP contribution is -2.27. The number of sulfonamides is 1.